The lowest BCUT2D eigenvalue weighted by molar-refractivity contribution is 0.0316. The first-order valence-electron chi connectivity index (χ1n) is 9.67. The molecule has 1 unspecified atom stereocenters. The molecule has 0 aliphatic carbocycles. The minimum Gasteiger partial charge on any atom is -0.490 e. The summed E-state index contributed by atoms with van der Waals surface area (Å²) in [7, 11) is 1.27. The number of aryl methyl sites for hydroxylation is 1. The van der Waals surface area contributed by atoms with Crippen LogP contribution in [0.25, 0.3) is 0 Å². The molecule has 0 spiro atoms. The second-order valence-electron chi connectivity index (χ2n) is 6.56. The summed E-state index contributed by atoms with van der Waals surface area (Å²) in [6.45, 7) is 9.32. The Kier molecular flexibility index (Phi) is 7.63. The van der Waals surface area contributed by atoms with E-state index in [-0.39, 0.29) is 11.3 Å². The third-order valence-electron chi connectivity index (χ3n) is 4.51. The van der Waals surface area contributed by atoms with Crippen molar-refractivity contribution in [2.45, 2.75) is 40.7 Å². The lowest BCUT2D eigenvalue weighted by atomic mass is 10.1. The summed E-state index contributed by atoms with van der Waals surface area (Å²) >= 11 is 0. The molecule has 8 nitrogen and oxygen atoms in total. The number of hydrogen-bond acceptors (Lipinski definition) is 7. The molecule has 8 heteroatoms. The molecule has 162 valence electrons. The smallest absolute Gasteiger partial charge is 0.339 e. The molecule has 0 radical (unpaired) electrons. The third kappa shape index (κ3) is 4.82. The molecule has 2 aromatic rings. The van der Waals surface area contributed by atoms with Crippen molar-refractivity contribution in [1.29, 1.82) is 0 Å². The van der Waals surface area contributed by atoms with Crippen LogP contribution in [0.3, 0.4) is 0 Å². The van der Waals surface area contributed by atoms with E-state index >= 15 is 0 Å². The fourth-order valence-electron chi connectivity index (χ4n) is 3.07. The number of methoxy groups -OCH3 is 1. The van der Waals surface area contributed by atoms with Crippen LogP contribution in [0.5, 0.6) is 11.5 Å². The van der Waals surface area contributed by atoms with Gasteiger partial charge in [0.05, 0.1) is 37.1 Å². The van der Waals surface area contributed by atoms with Gasteiger partial charge in [-0.2, -0.15) is 0 Å². The summed E-state index contributed by atoms with van der Waals surface area (Å²) in [4.78, 5) is 40.2. The monoisotopic (exact) mass is 417 g/mol. The Bertz CT molecular complexity index is 945. The predicted molar refractivity (Wildman–Crippen MR) is 110 cm³/mol. The number of ketones is 1. The van der Waals surface area contributed by atoms with Gasteiger partial charge in [0.15, 0.2) is 17.6 Å². The summed E-state index contributed by atoms with van der Waals surface area (Å²) in [5, 5.41) is 0. The van der Waals surface area contributed by atoms with Crippen LogP contribution in [0.1, 0.15) is 63.2 Å². The molecular formula is C22H27NO7. The minimum absolute atomic E-state index is 0.204. The van der Waals surface area contributed by atoms with Crippen molar-refractivity contribution in [2.24, 2.45) is 0 Å². The summed E-state index contributed by atoms with van der Waals surface area (Å²) in [6.07, 6.45) is -1.07. The van der Waals surface area contributed by atoms with Crippen LogP contribution in [-0.4, -0.2) is 49.1 Å². The van der Waals surface area contributed by atoms with Crippen molar-refractivity contribution in [2.75, 3.05) is 20.3 Å². The maximum Gasteiger partial charge on any atom is 0.339 e. The molecule has 1 aromatic heterocycles. The first kappa shape index (κ1) is 23.0. The van der Waals surface area contributed by atoms with Crippen molar-refractivity contribution in [3.05, 3.63) is 46.3 Å². The van der Waals surface area contributed by atoms with E-state index in [0.29, 0.717) is 41.5 Å². The van der Waals surface area contributed by atoms with Gasteiger partial charge in [-0.15, -0.1) is 0 Å². The minimum atomic E-state index is -1.07. The van der Waals surface area contributed by atoms with E-state index in [9.17, 15) is 14.4 Å². The Labute approximate surface area is 175 Å². The van der Waals surface area contributed by atoms with Crippen LogP contribution in [0.4, 0.5) is 0 Å². The van der Waals surface area contributed by atoms with Gasteiger partial charge in [0.25, 0.3) is 0 Å². The SMILES string of the molecule is CCOc1ccc(C(=O)OC(C)C(=O)c2[nH]c(C)c(C(=O)OC)c2C)cc1OCC. The number of benzene rings is 1. The molecule has 0 amide bonds. The number of ether oxygens (including phenoxy) is 4. The van der Waals surface area contributed by atoms with E-state index in [4.69, 9.17) is 18.9 Å². The van der Waals surface area contributed by atoms with E-state index in [1.54, 1.807) is 26.0 Å². The maximum absolute atomic E-state index is 12.8. The number of Topliss-reactive ketones (excluding diaryl/α,β-unsaturated/α-hetero) is 1. The molecule has 0 saturated heterocycles. The fraction of sp³-hybridized carbons (Fsp3) is 0.409. The number of H-pyrrole nitrogens is 1. The number of esters is 2. The molecular weight excluding hydrogens is 390 g/mol. The van der Waals surface area contributed by atoms with Gasteiger partial charge in [-0.05, 0) is 58.4 Å². The largest absolute Gasteiger partial charge is 0.490 e. The number of carbonyl (C=O) groups is 3. The number of carbonyl (C=O) groups excluding carboxylic acids is 3. The molecule has 0 bridgehead atoms. The van der Waals surface area contributed by atoms with E-state index in [0.717, 1.165) is 0 Å². The van der Waals surface area contributed by atoms with Crippen LogP contribution in [0.2, 0.25) is 0 Å². The van der Waals surface area contributed by atoms with Crippen molar-refractivity contribution in [3.8, 4) is 11.5 Å². The van der Waals surface area contributed by atoms with Gasteiger partial charge in [0.2, 0.25) is 5.78 Å². The normalized spacial score (nSPS) is 11.5. The highest BCUT2D eigenvalue weighted by Gasteiger charge is 2.28. The summed E-state index contributed by atoms with van der Waals surface area (Å²) in [5.41, 5.74) is 1.69. The van der Waals surface area contributed by atoms with Crippen LogP contribution in [-0.2, 0) is 9.47 Å². The number of hydrogen-bond donors (Lipinski definition) is 1. The number of aromatic nitrogens is 1. The van der Waals surface area contributed by atoms with Gasteiger partial charge in [-0.1, -0.05) is 0 Å². The van der Waals surface area contributed by atoms with Crippen molar-refractivity contribution < 1.29 is 33.3 Å². The van der Waals surface area contributed by atoms with Crippen LogP contribution < -0.4 is 9.47 Å². The standard InChI is InChI=1S/C22H27NO7/c1-7-28-16-10-9-15(11-17(16)29-8-2)21(25)30-14(5)20(24)19-12(3)18(13(4)23-19)22(26)27-6/h9-11,14,23H,7-8H2,1-6H3. The quantitative estimate of drug-likeness (QED) is 0.491. The fourth-order valence-corrected chi connectivity index (χ4v) is 3.07. The lowest BCUT2D eigenvalue weighted by Gasteiger charge is -2.14. The summed E-state index contributed by atoms with van der Waals surface area (Å²) < 4.78 is 21.1. The van der Waals surface area contributed by atoms with Crippen LogP contribution >= 0.6 is 0 Å². The summed E-state index contributed by atoms with van der Waals surface area (Å²) in [5.74, 6) is -0.717. The second kappa shape index (κ2) is 9.96. The Morgan fingerprint density at radius 2 is 1.63 bits per heavy atom. The molecule has 0 aliphatic rings. The maximum atomic E-state index is 12.8. The van der Waals surface area contributed by atoms with Gasteiger partial charge in [0.1, 0.15) is 0 Å². The van der Waals surface area contributed by atoms with E-state index in [2.05, 4.69) is 4.98 Å². The third-order valence-corrected chi connectivity index (χ3v) is 4.51. The molecule has 1 atom stereocenters. The molecule has 1 N–H and O–H groups in total. The Morgan fingerprint density at radius 1 is 1.00 bits per heavy atom. The number of rotatable bonds is 9. The van der Waals surface area contributed by atoms with Gasteiger partial charge in [-0.3, -0.25) is 4.79 Å². The van der Waals surface area contributed by atoms with E-state index < -0.39 is 23.8 Å². The molecule has 0 fully saturated rings. The lowest BCUT2D eigenvalue weighted by Crippen LogP contribution is -2.25. The molecule has 0 saturated carbocycles. The van der Waals surface area contributed by atoms with Gasteiger partial charge < -0.3 is 23.9 Å². The van der Waals surface area contributed by atoms with Crippen molar-refractivity contribution in [1.82, 2.24) is 4.98 Å². The average Bonchev–Trinajstić information content (AvgIpc) is 3.02. The predicted octanol–water partition coefficient (Wildman–Crippen LogP) is 3.64. The first-order chi connectivity index (χ1) is 14.2. The van der Waals surface area contributed by atoms with Crippen molar-refractivity contribution in [3.63, 3.8) is 0 Å². The zero-order chi connectivity index (χ0) is 22.4. The topological polar surface area (TPSA) is 104 Å². The van der Waals surface area contributed by atoms with E-state index in [1.807, 2.05) is 13.8 Å². The molecule has 2 rings (SSSR count). The molecule has 30 heavy (non-hydrogen) atoms. The van der Waals surface area contributed by atoms with Gasteiger partial charge in [-0.25, -0.2) is 9.59 Å². The average molecular weight is 417 g/mol. The highest BCUT2D eigenvalue weighted by atomic mass is 16.5. The molecule has 0 aliphatic heterocycles. The van der Waals surface area contributed by atoms with Crippen LogP contribution in [0, 0.1) is 13.8 Å². The highest BCUT2D eigenvalue weighted by Crippen LogP contribution is 2.29. The van der Waals surface area contributed by atoms with Crippen LogP contribution in [0.15, 0.2) is 18.2 Å². The molecule has 1 aromatic carbocycles. The second-order valence-corrected chi connectivity index (χ2v) is 6.56. The summed E-state index contributed by atoms with van der Waals surface area (Å²) in [6, 6.07) is 4.69. The Balaban J connectivity index is 2.21. The molecule has 1 heterocycles. The van der Waals surface area contributed by atoms with Gasteiger partial charge in [0, 0.05) is 5.69 Å². The Morgan fingerprint density at radius 3 is 2.23 bits per heavy atom. The van der Waals surface area contributed by atoms with Gasteiger partial charge >= 0.3 is 11.9 Å². The first-order valence-corrected chi connectivity index (χ1v) is 9.67. The number of aromatic amines is 1. The van der Waals surface area contributed by atoms with E-state index in [1.165, 1.54) is 20.1 Å². The van der Waals surface area contributed by atoms with Crippen molar-refractivity contribution >= 4 is 17.7 Å². The zero-order valence-electron chi connectivity index (χ0n) is 18.1. The zero-order valence-corrected chi connectivity index (χ0v) is 18.1. The number of nitrogens with one attached hydrogen (secondary N) is 1. The Hall–Kier alpha value is -3.29. The highest BCUT2D eigenvalue weighted by molar-refractivity contribution is 6.04.